The van der Waals surface area contributed by atoms with Crippen LogP contribution in [0.4, 0.5) is 5.69 Å². The number of carboxylic acid groups (broad SMARTS) is 1. The molecule has 2 aromatic rings. The van der Waals surface area contributed by atoms with E-state index in [1.165, 1.54) is 11.3 Å². The molecule has 0 spiro atoms. The van der Waals surface area contributed by atoms with Crippen molar-refractivity contribution >= 4 is 40.4 Å². The number of carbonyl (C=O) groups is 3. The SMILES string of the molecule is CC1CCC(C(=O)N(c2cc(C3=CCC(NC(=O)c4nccn4C)C=C3)sc2C(=O)O)C(C)C)CC1. The summed E-state index contributed by atoms with van der Waals surface area (Å²) in [4.78, 5) is 44.9. The van der Waals surface area contributed by atoms with Gasteiger partial charge >= 0.3 is 5.97 Å². The molecule has 0 saturated heterocycles. The lowest BCUT2D eigenvalue weighted by Gasteiger charge is -2.33. The van der Waals surface area contributed by atoms with Gasteiger partial charge in [-0.05, 0) is 63.5 Å². The molecule has 2 aromatic heterocycles. The van der Waals surface area contributed by atoms with Crippen molar-refractivity contribution in [3.05, 3.63) is 52.3 Å². The highest BCUT2D eigenvalue weighted by atomic mass is 32.1. The average Bonchev–Trinajstić information content (AvgIpc) is 3.47. The zero-order valence-corrected chi connectivity index (χ0v) is 22.0. The van der Waals surface area contributed by atoms with Gasteiger partial charge in [0.1, 0.15) is 4.88 Å². The van der Waals surface area contributed by atoms with E-state index in [2.05, 4.69) is 17.2 Å². The Labute approximate surface area is 215 Å². The minimum atomic E-state index is -1.03. The lowest BCUT2D eigenvalue weighted by Crippen LogP contribution is -2.42. The average molecular weight is 511 g/mol. The molecule has 0 radical (unpaired) electrons. The third-order valence-electron chi connectivity index (χ3n) is 7.01. The van der Waals surface area contributed by atoms with Crippen LogP contribution in [0.1, 0.15) is 78.0 Å². The fraction of sp³-hybridized carbons (Fsp3) is 0.481. The highest BCUT2D eigenvalue weighted by Crippen LogP contribution is 2.39. The van der Waals surface area contributed by atoms with E-state index in [9.17, 15) is 19.5 Å². The number of thiophene rings is 1. The summed E-state index contributed by atoms with van der Waals surface area (Å²) in [5.41, 5.74) is 1.36. The fourth-order valence-corrected chi connectivity index (χ4v) is 5.95. The monoisotopic (exact) mass is 510 g/mol. The Kier molecular flexibility index (Phi) is 7.78. The number of carboxylic acids is 1. The summed E-state index contributed by atoms with van der Waals surface area (Å²) in [6.45, 7) is 6.08. The topological polar surface area (TPSA) is 105 Å². The molecular formula is C27H34N4O4S. The smallest absolute Gasteiger partial charge is 0.348 e. The van der Waals surface area contributed by atoms with Gasteiger partial charge in [-0.2, -0.15) is 0 Å². The van der Waals surface area contributed by atoms with Crippen LogP contribution in [-0.2, 0) is 11.8 Å². The van der Waals surface area contributed by atoms with Gasteiger partial charge in [-0.1, -0.05) is 25.2 Å². The number of nitrogens with zero attached hydrogens (tertiary/aromatic N) is 3. The summed E-state index contributed by atoms with van der Waals surface area (Å²) in [5, 5.41) is 12.9. The molecule has 1 unspecified atom stereocenters. The summed E-state index contributed by atoms with van der Waals surface area (Å²) in [5.74, 6) is -0.343. The second kappa shape index (κ2) is 10.8. The van der Waals surface area contributed by atoms with Crippen molar-refractivity contribution in [2.24, 2.45) is 18.9 Å². The van der Waals surface area contributed by atoms with Crippen molar-refractivity contribution in [2.45, 2.75) is 65.0 Å². The molecule has 2 heterocycles. The quantitative estimate of drug-likeness (QED) is 0.552. The van der Waals surface area contributed by atoms with Gasteiger partial charge in [0.15, 0.2) is 5.82 Å². The van der Waals surface area contributed by atoms with Crippen LogP contribution in [0.3, 0.4) is 0 Å². The molecule has 2 amide bonds. The molecule has 2 N–H and O–H groups in total. The predicted octanol–water partition coefficient (Wildman–Crippen LogP) is 4.89. The molecule has 1 fully saturated rings. The van der Waals surface area contributed by atoms with Gasteiger partial charge in [-0.3, -0.25) is 9.59 Å². The summed E-state index contributed by atoms with van der Waals surface area (Å²) < 4.78 is 1.67. The molecule has 0 bridgehead atoms. The molecule has 4 rings (SSSR count). The Morgan fingerprint density at radius 2 is 1.94 bits per heavy atom. The van der Waals surface area contributed by atoms with Gasteiger partial charge in [-0.25, -0.2) is 9.78 Å². The number of carbonyl (C=O) groups excluding carboxylic acids is 2. The molecule has 1 atom stereocenters. The number of allylic oxidation sites excluding steroid dienone is 2. The molecular weight excluding hydrogens is 476 g/mol. The van der Waals surface area contributed by atoms with Gasteiger partial charge < -0.3 is 19.9 Å². The highest BCUT2D eigenvalue weighted by molar-refractivity contribution is 7.15. The Morgan fingerprint density at radius 3 is 2.50 bits per heavy atom. The number of aromatic carboxylic acids is 1. The number of aryl methyl sites for hydroxylation is 1. The van der Waals surface area contributed by atoms with E-state index in [1.54, 1.807) is 28.9 Å². The first-order valence-electron chi connectivity index (χ1n) is 12.5. The highest BCUT2D eigenvalue weighted by Gasteiger charge is 2.33. The molecule has 2 aliphatic carbocycles. The van der Waals surface area contributed by atoms with Crippen LogP contribution in [0.15, 0.2) is 36.7 Å². The van der Waals surface area contributed by atoms with Crippen LogP contribution >= 0.6 is 11.3 Å². The zero-order chi connectivity index (χ0) is 26.0. The number of anilines is 1. The van der Waals surface area contributed by atoms with E-state index in [1.807, 2.05) is 38.1 Å². The number of amides is 2. The number of nitrogens with one attached hydrogen (secondary N) is 1. The molecule has 0 aliphatic heterocycles. The third-order valence-corrected chi connectivity index (χ3v) is 8.17. The van der Waals surface area contributed by atoms with Crippen molar-refractivity contribution in [1.29, 1.82) is 0 Å². The Hall–Kier alpha value is -3.20. The number of imidazole rings is 1. The van der Waals surface area contributed by atoms with E-state index in [-0.39, 0.29) is 34.7 Å². The normalized spacial score (nSPS) is 21.8. The first-order valence-corrected chi connectivity index (χ1v) is 13.3. The van der Waals surface area contributed by atoms with Crippen LogP contribution in [0.25, 0.3) is 5.57 Å². The van der Waals surface area contributed by atoms with Crippen molar-refractivity contribution in [2.75, 3.05) is 4.90 Å². The maximum Gasteiger partial charge on any atom is 0.348 e. The van der Waals surface area contributed by atoms with Crippen LogP contribution in [-0.4, -0.2) is 44.5 Å². The van der Waals surface area contributed by atoms with Crippen molar-refractivity contribution in [3.63, 3.8) is 0 Å². The molecule has 36 heavy (non-hydrogen) atoms. The van der Waals surface area contributed by atoms with Gasteiger partial charge in [0.2, 0.25) is 5.91 Å². The van der Waals surface area contributed by atoms with E-state index in [0.29, 0.717) is 23.9 Å². The van der Waals surface area contributed by atoms with E-state index >= 15 is 0 Å². The Bertz CT molecular complexity index is 1200. The van der Waals surface area contributed by atoms with Crippen molar-refractivity contribution < 1.29 is 19.5 Å². The second-order valence-electron chi connectivity index (χ2n) is 10.1. The summed E-state index contributed by atoms with van der Waals surface area (Å²) >= 11 is 1.19. The first kappa shape index (κ1) is 25.9. The summed E-state index contributed by atoms with van der Waals surface area (Å²) in [6.07, 6.45) is 13.4. The minimum absolute atomic E-state index is 0.0222. The minimum Gasteiger partial charge on any atom is -0.477 e. The molecule has 9 heteroatoms. The summed E-state index contributed by atoms with van der Waals surface area (Å²) in [7, 11) is 1.77. The van der Waals surface area contributed by atoms with Crippen LogP contribution < -0.4 is 10.2 Å². The number of hydrogen-bond acceptors (Lipinski definition) is 5. The number of aromatic nitrogens is 2. The van der Waals surface area contributed by atoms with Crippen LogP contribution in [0, 0.1) is 11.8 Å². The van der Waals surface area contributed by atoms with Crippen molar-refractivity contribution in [3.8, 4) is 0 Å². The molecule has 0 aromatic carbocycles. The van der Waals surface area contributed by atoms with E-state index in [4.69, 9.17) is 0 Å². The molecule has 1 saturated carbocycles. The summed E-state index contributed by atoms with van der Waals surface area (Å²) in [6, 6.07) is 1.50. The predicted molar refractivity (Wildman–Crippen MR) is 141 cm³/mol. The number of hydrogen-bond donors (Lipinski definition) is 2. The molecule has 192 valence electrons. The standard InChI is InChI=1S/C27H34N4O4S/c1-16(2)31(26(33)19-7-5-17(3)6-8-19)21-15-22(36-23(21)27(34)35)18-9-11-20(12-10-18)29-25(32)24-28-13-14-30(24)4/h9-11,13-17,19-20H,5-8,12H2,1-4H3,(H,29,32)(H,34,35). The fourth-order valence-electron chi connectivity index (χ4n) is 4.94. The van der Waals surface area contributed by atoms with Crippen LogP contribution in [0.5, 0.6) is 0 Å². The van der Waals surface area contributed by atoms with Crippen LogP contribution in [0.2, 0.25) is 0 Å². The Morgan fingerprint density at radius 1 is 1.22 bits per heavy atom. The second-order valence-corrected chi connectivity index (χ2v) is 11.1. The van der Waals surface area contributed by atoms with Gasteiger partial charge in [-0.15, -0.1) is 11.3 Å². The number of rotatable bonds is 7. The largest absolute Gasteiger partial charge is 0.477 e. The van der Waals surface area contributed by atoms with Gasteiger partial charge in [0, 0.05) is 36.3 Å². The molecule has 2 aliphatic rings. The molecule has 8 nitrogen and oxygen atoms in total. The lowest BCUT2D eigenvalue weighted by atomic mass is 9.82. The maximum atomic E-state index is 13.5. The maximum absolute atomic E-state index is 13.5. The zero-order valence-electron chi connectivity index (χ0n) is 21.2. The van der Waals surface area contributed by atoms with E-state index < -0.39 is 5.97 Å². The Balaban J connectivity index is 1.53. The van der Waals surface area contributed by atoms with Gasteiger partial charge in [0.05, 0.1) is 11.7 Å². The van der Waals surface area contributed by atoms with Crippen molar-refractivity contribution in [1.82, 2.24) is 14.9 Å². The first-order chi connectivity index (χ1) is 17.2. The van der Waals surface area contributed by atoms with Gasteiger partial charge in [0.25, 0.3) is 5.91 Å². The lowest BCUT2D eigenvalue weighted by molar-refractivity contribution is -0.123. The van der Waals surface area contributed by atoms with E-state index in [0.717, 1.165) is 36.1 Å². The third kappa shape index (κ3) is 5.46.